The molecule has 0 aliphatic carbocycles. The van der Waals surface area contributed by atoms with E-state index in [1.807, 2.05) is 0 Å². The second-order valence-electron chi connectivity index (χ2n) is 3.80. The molecular weight excluding hydrogens is 247 g/mol. The number of halogens is 1. The van der Waals surface area contributed by atoms with Gasteiger partial charge in [0.1, 0.15) is 18.2 Å². The summed E-state index contributed by atoms with van der Waals surface area (Å²) < 4.78 is 18.2. The number of hydrogen-bond acceptors (Lipinski definition) is 3. The maximum atomic E-state index is 12.9. The smallest absolute Gasteiger partial charge is 0.251 e. The first kappa shape index (κ1) is 13.0. The molecule has 2 rings (SSSR count). The minimum atomic E-state index is -0.349. The van der Waals surface area contributed by atoms with Crippen molar-refractivity contribution in [2.75, 3.05) is 13.2 Å². The normalized spacial score (nSPS) is 9.95. The lowest BCUT2D eigenvalue weighted by Gasteiger charge is -2.07. The number of benzene rings is 1. The molecule has 1 N–H and O–H groups in total. The Labute approximate surface area is 110 Å². The van der Waals surface area contributed by atoms with Crippen LogP contribution >= 0.6 is 0 Å². The number of pyridine rings is 1. The summed E-state index contributed by atoms with van der Waals surface area (Å²) in [6.07, 6.45) is 3.11. The molecule has 0 aliphatic heterocycles. The summed E-state index contributed by atoms with van der Waals surface area (Å²) in [4.78, 5) is 15.5. The summed E-state index contributed by atoms with van der Waals surface area (Å²) in [5, 5.41) is 2.70. The van der Waals surface area contributed by atoms with Gasteiger partial charge in [0.15, 0.2) is 0 Å². The average molecular weight is 260 g/mol. The molecule has 19 heavy (non-hydrogen) atoms. The molecular formula is C14H13FN2O2. The molecule has 0 bridgehead atoms. The minimum Gasteiger partial charge on any atom is -0.492 e. The first-order valence-electron chi connectivity index (χ1n) is 5.82. The van der Waals surface area contributed by atoms with Gasteiger partial charge in [0.05, 0.1) is 6.54 Å². The lowest BCUT2D eigenvalue weighted by atomic mass is 10.2. The predicted molar refractivity (Wildman–Crippen MR) is 68.5 cm³/mol. The zero-order valence-electron chi connectivity index (χ0n) is 10.2. The van der Waals surface area contributed by atoms with E-state index in [1.165, 1.54) is 12.1 Å². The van der Waals surface area contributed by atoms with Crippen molar-refractivity contribution in [1.82, 2.24) is 10.3 Å². The Balaban J connectivity index is 1.74. The van der Waals surface area contributed by atoms with E-state index in [9.17, 15) is 9.18 Å². The van der Waals surface area contributed by atoms with Crippen molar-refractivity contribution in [3.05, 3.63) is 60.2 Å². The molecule has 2 aromatic rings. The van der Waals surface area contributed by atoms with Crippen molar-refractivity contribution < 1.29 is 13.9 Å². The number of hydrogen-bond donors (Lipinski definition) is 1. The maximum absolute atomic E-state index is 12.9. The van der Waals surface area contributed by atoms with E-state index in [0.29, 0.717) is 17.9 Å². The van der Waals surface area contributed by atoms with Crippen LogP contribution in [0.25, 0.3) is 0 Å². The highest BCUT2D eigenvalue weighted by Crippen LogP contribution is 2.11. The van der Waals surface area contributed by atoms with E-state index in [0.717, 1.165) is 0 Å². The molecule has 0 saturated carbocycles. The number of nitrogens with one attached hydrogen (secondary N) is 1. The molecule has 0 radical (unpaired) electrons. The van der Waals surface area contributed by atoms with Crippen molar-refractivity contribution in [2.45, 2.75) is 0 Å². The van der Waals surface area contributed by atoms with Crippen LogP contribution in [-0.4, -0.2) is 24.0 Å². The molecule has 0 aliphatic rings. The number of rotatable bonds is 5. The van der Waals surface area contributed by atoms with Crippen LogP contribution in [0.3, 0.4) is 0 Å². The standard InChI is InChI=1S/C14H13FN2O2/c15-12-2-1-3-13(10-12)19-9-8-17-14(18)11-4-6-16-7-5-11/h1-7,10H,8-9H2,(H,17,18). The summed E-state index contributed by atoms with van der Waals surface area (Å²) in [5.41, 5.74) is 0.542. The zero-order chi connectivity index (χ0) is 13.5. The van der Waals surface area contributed by atoms with Crippen molar-refractivity contribution >= 4 is 5.91 Å². The topological polar surface area (TPSA) is 51.2 Å². The quantitative estimate of drug-likeness (QED) is 0.837. The van der Waals surface area contributed by atoms with Crippen LogP contribution in [0.5, 0.6) is 5.75 Å². The molecule has 0 unspecified atom stereocenters. The van der Waals surface area contributed by atoms with Gasteiger partial charge in [-0.05, 0) is 24.3 Å². The second-order valence-corrected chi connectivity index (χ2v) is 3.80. The van der Waals surface area contributed by atoms with Gasteiger partial charge < -0.3 is 10.1 Å². The summed E-state index contributed by atoms with van der Waals surface area (Å²) in [5.74, 6) is -0.0956. The van der Waals surface area contributed by atoms with Crippen LogP contribution in [-0.2, 0) is 0 Å². The number of ether oxygens (including phenoxy) is 1. The van der Waals surface area contributed by atoms with Crippen LogP contribution in [0.2, 0.25) is 0 Å². The predicted octanol–water partition coefficient (Wildman–Crippen LogP) is 2.03. The summed E-state index contributed by atoms with van der Waals surface area (Å²) in [6, 6.07) is 9.13. The molecule has 0 fully saturated rings. The van der Waals surface area contributed by atoms with Gasteiger partial charge in [-0.3, -0.25) is 9.78 Å². The van der Waals surface area contributed by atoms with E-state index >= 15 is 0 Å². The first-order valence-corrected chi connectivity index (χ1v) is 5.82. The number of carbonyl (C=O) groups excluding carboxylic acids is 1. The van der Waals surface area contributed by atoms with Gasteiger partial charge in [0, 0.05) is 24.0 Å². The monoisotopic (exact) mass is 260 g/mol. The highest BCUT2D eigenvalue weighted by molar-refractivity contribution is 5.93. The van der Waals surface area contributed by atoms with Gasteiger partial charge in [-0.1, -0.05) is 6.07 Å². The van der Waals surface area contributed by atoms with Gasteiger partial charge >= 0.3 is 0 Å². The molecule has 1 aromatic carbocycles. The Kier molecular flexibility index (Phi) is 4.44. The summed E-state index contributed by atoms with van der Waals surface area (Å²) in [7, 11) is 0. The summed E-state index contributed by atoms with van der Waals surface area (Å²) in [6.45, 7) is 0.623. The Morgan fingerprint density at radius 1 is 1.26 bits per heavy atom. The van der Waals surface area contributed by atoms with Gasteiger partial charge in [-0.2, -0.15) is 0 Å². The van der Waals surface area contributed by atoms with Crippen molar-refractivity contribution in [1.29, 1.82) is 0 Å². The van der Waals surface area contributed by atoms with Crippen LogP contribution in [0.15, 0.2) is 48.8 Å². The summed E-state index contributed by atoms with van der Waals surface area (Å²) >= 11 is 0. The SMILES string of the molecule is O=C(NCCOc1cccc(F)c1)c1ccncc1. The highest BCUT2D eigenvalue weighted by Gasteiger charge is 2.03. The number of aromatic nitrogens is 1. The van der Waals surface area contributed by atoms with Crippen molar-refractivity contribution in [2.24, 2.45) is 0 Å². The lowest BCUT2D eigenvalue weighted by molar-refractivity contribution is 0.0947. The Hall–Kier alpha value is -2.43. The Morgan fingerprint density at radius 2 is 2.05 bits per heavy atom. The molecule has 98 valence electrons. The minimum absolute atomic E-state index is 0.190. The van der Waals surface area contributed by atoms with Crippen LogP contribution in [0, 0.1) is 5.82 Å². The fourth-order valence-electron chi connectivity index (χ4n) is 1.50. The molecule has 4 nitrogen and oxygen atoms in total. The third-order valence-corrected chi connectivity index (χ3v) is 2.39. The average Bonchev–Trinajstić information content (AvgIpc) is 2.44. The first-order chi connectivity index (χ1) is 9.25. The second kappa shape index (κ2) is 6.49. The van der Waals surface area contributed by atoms with Crippen molar-refractivity contribution in [3.8, 4) is 5.75 Å². The molecule has 1 amide bonds. The Bertz CT molecular complexity index is 546. The third-order valence-electron chi connectivity index (χ3n) is 2.39. The number of carbonyl (C=O) groups is 1. The molecule has 0 atom stereocenters. The van der Waals surface area contributed by atoms with Crippen LogP contribution < -0.4 is 10.1 Å². The van der Waals surface area contributed by atoms with E-state index in [-0.39, 0.29) is 18.3 Å². The van der Waals surface area contributed by atoms with E-state index in [2.05, 4.69) is 10.3 Å². The van der Waals surface area contributed by atoms with Gasteiger partial charge in [0.25, 0.3) is 5.91 Å². The van der Waals surface area contributed by atoms with E-state index in [1.54, 1.807) is 36.7 Å². The van der Waals surface area contributed by atoms with Gasteiger partial charge in [-0.25, -0.2) is 4.39 Å². The van der Waals surface area contributed by atoms with Gasteiger partial charge in [-0.15, -0.1) is 0 Å². The zero-order valence-corrected chi connectivity index (χ0v) is 10.2. The molecule has 5 heteroatoms. The molecule has 1 heterocycles. The van der Waals surface area contributed by atoms with E-state index < -0.39 is 0 Å². The molecule has 0 spiro atoms. The van der Waals surface area contributed by atoms with Crippen LogP contribution in [0.4, 0.5) is 4.39 Å². The van der Waals surface area contributed by atoms with Crippen LogP contribution in [0.1, 0.15) is 10.4 Å². The Morgan fingerprint density at radius 3 is 2.79 bits per heavy atom. The maximum Gasteiger partial charge on any atom is 0.251 e. The lowest BCUT2D eigenvalue weighted by Crippen LogP contribution is -2.28. The van der Waals surface area contributed by atoms with E-state index in [4.69, 9.17) is 4.74 Å². The largest absolute Gasteiger partial charge is 0.492 e. The third kappa shape index (κ3) is 4.06. The molecule has 0 saturated heterocycles. The van der Waals surface area contributed by atoms with Gasteiger partial charge in [0.2, 0.25) is 0 Å². The number of nitrogens with zero attached hydrogens (tertiary/aromatic N) is 1. The van der Waals surface area contributed by atoms with Crippen molar-refractivity contribution in [3.63, 3.8) is 0 Å². The fraction of sp³-hybridized carbons (Fsp3) is 0.143. The molecule has 1 aromatic heterocycles. The highest BCUT2D eigenvalue weighted by atomic mass is 19.1. The number of amides is 1. The fourth-order valence-corrected chi connectivity index (χ4v) is 1.50.